The fourth-order valence-electron chi connectivity index (χ4n) is 3.05. The first kappa shape index (κ1) is 17.0. The summed E-state index contributed by atoms with van der Waals surface area (Å²) in [6, 6.07) is 14.4. The Morgan fingerprint density at radius 1 is 1.11 bits per heavy atom. The number of hydrogen-bond acceptors (Lipinski definition) is 5. The number of nitrogen functional groups attached to an aromatic ring is 1. The first-order valence-corrected chi connectivity index (χ1v) is 8.46. The molecule has 0 radical (unpaired) electrons. The molecule has 0 saturated carbocycles. The number of halogens is 1. The second-order valence-corrected chi connectivity index (χ2v) is 6.24. The van der Waals surface area contributed by atoms with E-state index < -0.39 is 5.82 Å². The van der Waals surface area contributed by atoms with Gasteiger partial charge in [-0.2, -0.15) is 5.10 Å². The molecule has 2 aromatic heterocycles. The van der Waals surface area contributed by atoms with E-state index in [0.29, 0.717) is 34.9 Å². The van der Waals surface area contributed by atoms with Crippen molar-refractivity contribution in [2.45, 2.75) is 13.3 Å². The van der Waals surface area contributed by atoms with Gasteiger partial charge >= 0.3 is 0 Å². The highest BCUT2D eigenvalue weighted by atomic mass is 19.1. The molecule has 4 aromatic rings. The zero-order chi connectivity index (χ0) is 19.0. The van der Waals surface area contributed by atoms with E-state index in [1.807, 2.05) is 37.3 Å². The van der Waals surface area contributed by atoms with Crippen molar-refractivity contribution in [1.82, 2.24) is 19.6 Å². The largest absolute Gasteiger partial charge is 0.497 e. The first-order chi connectivity index (χ1) is 13.0. The number of nitrogens with two attached hydrogens (primary N) is 1. The van der Waals surface area contributed by atoms with E-state index in [1.54, 1.807) is 10.6 Å². The summed E-state index contributed by atoms with van der Waals surface area (Å²) in [6.07, 6.45) is 0.588. The molecule has 4 rings (SSSR count). The van der Waals surface area contributed by atoms with Gasteiger partial charge in [0.1, 0.15) is 11.6 Å². The number of fused-ring (bicyclic) bond motifs is 1. The maximum absolute atomic E-state index is 13.9. The summed E-state index contributed by atoms with van der Waals surface area (Å²) in [5.74, 6) is 0.887. The number of nitrogens with zero attached hydrogens (tertiary/aromatic N) is 4. The summed E-state index contributed by atoms with van der Waals surface area (Å²) >= 11 is 0. The van der Waals surface area contributed by atoms with Gasteiger partial charge in [-0.25, -0.2) is 18.9 Å². The Kier molecular flexibility index (Phi) is 4.19. The van der Waals surface area contributed by atoms with Crippen LogP contribution in [0.5, 0.6) is 5.75 Å². The van der Waals surface area contributed by atoms with E-state index in [9.17, 15) is 4.39 Å². The molecule has 27 heavy (non-hydrogen) atoms. The molecule has 136 valence electrons. The highest BCUT2D eigenvalue weighted by molar-refractivity contribution is 5.70. The number of hydrogen-bond donors (Lipinski definition) is 1. The molecule has 2 N–H and O–H groups in total. The Hall–Kier alpha value is -3.48. The average molecular weight is 363 g/mol. The van der Waals surface area contributed by atoms with Gasteiger partial charge in [0.15, 0.2) is 17.3 Å². The number of benzene rings is 2. The Morgan fingerprint density at radius 3 is 2.63 bits per heavy atom. The number of aromatic nitrogens is 4. The molecule has 0 aliphatic heterocycles. The Morgan fingerprint density at radius 2 is 1.89 bits per heavy atom. The normalized spacial score (nSPS) is 11.1. The maximum Gasteiger partial charge on any atom is 0.198 e. The molecular formula is C20H18FN5O. The lowest BCUT2D eigenvalue weighted by atomic mass is 10.1. The molecule has 2 aromatic carbocycles. The van der Waals surface area contributed by atoms with Crippen LogP contribution < -0.4 is 10.5 Å². The van der Waals surface area contributed by atoms with Gasteiger partial charge in [-0.3, -0.25) is 0 Å². The molecule has 0 spiro atoms. The predicted octanol–water partition coefficient (Wildman–Crippen LogP) is 3.42. The number of ether oxygens (including phenoxy) is 1. The van der Waals surface area contributed by atoms with Gasteiger partial charge in [0.25, 0.3) is 0 Å². The van der Waals surface area contributed by atoms with Crippen LogP contribution in [0.15, 0.2) is 48.5 Å². The van der Waals surface area contributed by atoms with Gasteiger partial charge in [-0.15, -0.1) is 0 Å². The van der Waals surface area contributed by atoms with Crippen LogP contribution in [0.2, 0.25) is 0 Å². The maximum atomic E-state index is 13.9. The van der Waals surface area contributed by atoms with Crippen LogP contribution >= 0.6 is 0 Å². The second kappa shape index (κ2) is 6.68. The molecule has 0 fully saturated rings. The predicted molar refractivity (Wildman–Crippen MR) is 101 cm³/mol. The van der Waals surface area contributed by atoms with Gasteiger partial charge in [0, 0.05) is 18.1 Å². The lowest BCUT2D eigenvalue weighted by molar-refractivity contribution is 0.411. The van der Waals surface area contributed by atoms with Crippen LogP contribution in [0.25, 0.3) is 16.9 Å². The van der Waals surface area contributed by atoms with E-state index in [4.69, 9.17) is 10.5 Å². The van der Waals surface area contributed by atoms with E-state index in [2.05, 4.69) is 15.1 Å². The molecular weight excluding hydrogens is 345 g/mol. The van der Waals surface area contributed by atoms with Crippen LogP contribution in [0.3, 0.4) is 0 Å². The van der Waals surface area contributed by atoms with Crippen molar-refractivity contribution in [3.63, 3.8) is 0 Å². The van der Waals surface area contributed by atoms with Crippen molar-refractivity contribution in [2.24, 2.45) is 0 Å². The van der Waals surface area contributed by atoms with Crippen molar-refractivity contribution < 1.29 is 9.13 Å². The molecule has 0 amide bonds. The number of rotatable bonds is 4. The van der Waals surface area contributed by atoms with Crippen molar-refractivity contribution in [2.75, 3.05) is 12.8 Å². The van der Waals surface area contributed by atoms with E-state index in [0.717, 1.165) is 11.3 Å². The topological polar surface area (TPSA) is 78.3 Å². The summed E-state index contributed by atoms with van der Waals surface area (Å²) in [5, 5.41) is 4.58. The third kappa shape index (κ3) is 3.19. The SMILES string of the molecule is COc1cc(F)cc(-c2nc(N)c3nc(Cc4ccccc4)nn3c2C)c1. The molecule has 0 aliphatic rings. The average Bonchev–Trinajstić information content (AvgIpc) is 3.09. The van der Waals surface area contributed by atoms with Crippen molar-refractivity contribution in [1.29, 1.82) is 0 Å². The second-order valence-electron chi connectivity index (χ2n) is 6.24. The summed E-state index contributed by atoms with van der Waals surface area (Å²) in [5.41, 5.74) is 9.54. The summed E-state index contributed by atoms with van der Waals surface area (Å²) in [6.45, 7) is 1.85. The highest BCUT2D eigenvalue weighted by Crippen LogP contribution is 2.28. The van der Waals surface area contributed by atoms with E-state index in [1.165, 1.54) is 19.2 Å². The van der Waals surface area contributed by atoms with Gasteiger partial charge in [-0.1, -0.05) is 30.3 Å². The molecule has 0 unspecified atom stereocenters. The quantitative estimate of drug-likeness (QED) is 0.601. The molecule has 2 heterocycles. The van der Waals surface area contributed by atoms with Gasteiger partial charge in [0.05, 0.1) is 18.5 Å². The Bertz CT molecular complexity index is 1120. The first-order valence-electron chi connectivity index (χ1n) is 8.46. The molecule has 6 nitrogen and oxygen atoms in total. The van der Waals surface area contributed by atoms with Crippen LogP contribution in [-0.2, 0) is 6.42 Å². The summed E-state index contributed by atoms with van der Waals surface area (Å²) < 4.78 is 20.7. The van der Waals surface area contributed by atoms with Crippen LogP contribution in [-0.4, -0.2) is 26.7 Å². The molecule has 7 heteroatoms. The van der Waals surface area contributed by atoms with E-state index >= 15 is 0 Å². The van der Waals surface area contributed by atoms with Gasteiger partial charge in [-0.05, 0) is 24.6 Å². The van der Waals surface area contributed by atoms with Crippen LogP contribution in [0, 0.1) is 12.7 Å². The highest BCUT2D eigenvalue weighted by Gasteiger charge is 2.16. The molecule has 0 bridgehead atoms. The Balaban J connectivity index is 1.82. The van der Waals surface area contributed by atoms with Gasteiger partial charge < -0.3 is 10.5 Å². The smallest absolute Gasteiger partial charge is 0.198 e. The molecule has 0 saturated heterocycles. The van der Waals surface area contributed by atoms with Crippen molar-refractivity contribution in [3.8, 4) is 17.0 Å². The fraction of sp³-hybridized carbons (Fsp3) is 0.150. The lowest BCUT2D eigenvalue weighted by Gasteiger charge is -2.10. The van der Waals surface area contributed by atoms with Gasteiger partial charge in [0.2, 0.25) is 0 Å². The van der Waals surface area contributed by atoms with E-state index in [-0.39, 0.29) is 5.82 Å². The zero-order valence-electron chi connectivity index (χ0n) is 15.0. The molecule has 0 atom stereocenters. The van der Waals surface area contributed by atoms with Crippen LogP contribution in [0.1, 0.15) is 17.1 Å². The number of aryl methyl sites for hydroxylation is 1. The summed E-state index contributed by atoms with van der Waals surface area (Å²) in [7, 11) is 1.49. The molecule has 0 aliphatic carbocycles. The van der Waals surface area contributed by atoms with Crippen molar-refractivity contribution >= 4 is 11.5 Å². The zero-order valence-corrected chi connectivity index (χ0v) is 15.0. The monoisotopic (exact) mass is 363 g/mol. The minimum atomic E-state index is -0.410. The fourth-order valence-corrected chi connectivity index (χ4v) is 3.05. The number of methoxy groups -OCH3 is 1. The van der Waals surface area contributed by atoms with Crippen molar-refractivity contribution in [3.05, 3.63) is 71.4 Å². The minimum absolute atomic E-state index is 0.241. The summed E-state index contributed by atoms with van der Waals surface area (Å²) in [4.78, 5) is 8.96. The Labute approximate surface area is 155 Å². The van der Waals surface area contributed by atoms with Crippen LogP contribution in [0.4, 0.5) is 10.2 Å². The minimum Gasteiger partial charge on any atom is -0.497 e. The lowest BCUT2D eigenvalue weighted by Crippen LogP contribution is -2.05. The third-order valence-corrected chi connectivity index (χ3v) is 4.36. The number of anilines is 1. The standard InChI is InChI=1S/C20H18FN5O/c1-12-18(14-9-15(21)11-16(10-14)27-2)24-19(22)20-23-17(25-26(12)20)8-13-6-4-3-5-7-13/h3-7,9-11H,8H2,1-2H3,(H2,22,24). The third-order valence-electron chi connectivity index (χ3n) is 4.36.